The Bertz CT molecular complexity index is 361. The molecule has 0 N–H and O–H groups in total. The Hall–Kier alpha value is -1.36. The van der Waals surface area contributed by atoms with E-state index in [1.54, 1.807) is 17.9 Å². The van der Waals surface area contributed by atoms with Crippen LogP contribution in [0.25, 0.3) is 0 Å². The second kappa shape index (κ2) is 3.18. The summed E-state index contributed by atoms with van der Waals surface area (Å²) in [6, 6.07) is 1.80. The Kier molecular flexibility index (Phi) is 2.02. The summed E-state index contributed by atoms with van der Waals surface area (Å²) in [5.41, 5.74) is -0.274. The Morgan fingerprint density at radius 2 is 2.69 bits per heavy atom. The molecule has 2 heterocycles. The summed E-state index contributed by atoms with van der Waals surface area (Å²) in [6.07, 6.45) is 1.65. The zero-order valence-electron chi connectivity index (χ0n) is 7.27. The molecule has 1 aliphatic rings. The van der Waals surface area contributed by atoms with Crippen molar-refractivity contribution >= 4 is 0 Å². The third-order valence-corrected chi connectivity index (χ3v) is 1.87. The number of aromatic nitrogens is 2. The predicted molar refractivity (Wildman–Crippen MR) is 44.8 cm³/mol. The van der Waals surface area contributed by atoms with E-state index in [9.17, 15) is 4.79 Å². The van der Waals surface area contributed by atoms with E-state index in [0.29, 0.717) is 19.2 Å². The topological polar surface area (TPSA) is 53.4 Å². The molecular weight excluding hydrogens is 172 g/mol. The molecule has 0 saturated carbocycles. The van der Waals surface area contributed by atoms with Gasteiger partial charge in [0.25, 0.3) is 11.6 Å². The van der Waals surface area contributed by atoms with Gasteiger partial charge < -0.3 is 9.47 Å². The van der Waals surface area contributed by atoms with Gasteiger partial charge in [0, 0.05) is 19.4 Å². The molecule has 1 aromatic heterocycles. The fourth-order valence-electron chi connectivity index (χ4n) is 1.32. The van der Waals surface area contributed by atoms with Crippen LogP contribution in [-0.4, -0.2) is 29.4 Å². The highest BCUT2D eigenvalue weighted by atomic mass is 16.5. The second-order valence-corrected chi connectivity index (χ2v) is 2.90. The quantitative estimate of drug-likeness (QED) is 0.627. The van der Waals surface area contributed by atoms with Crippen molar-refractivity contribution in [3.63, 3.8) is 0 Å². The van der Waals surface area contributed by atoms with E-state index in [1.807, 2.05) is 0 Å². The highest BCUT2D eigenvalue weighted by Crippen LogP contribution is 2.16. The lowest BCUT2D eigenvalue weighted by atomic mass is 10.4. The van der Waals surface area contributed by atoms with Gasteiger partial charge in [-0.05, 0) is 0 Å². The van der Waals surface area contributed by atoms with Crippen LogP contribution in [0.15, 0.2) is 17.1 Å². The molecule has 1 aliphatic heterocycles. The zero-order chi connectivity index (χ0) is 9.26. The van der Waals surface area contributed by atoms with Gasteiger partial charge in [0.2, 0.25) is 0 Å². The molecule has 0 spiro atoms. The monoisotopic (exact) mass is 182 g/mol. The molecule has 0 aromatic carbocycles. The van der Waals surface area contributed by atoms with E-state index < -0.39 is 0 Å². The molecule has 5 nitrogen and oxygen atoms in total. The maximum Gasteiger partial charge on any atom is 0.300 e. The highest BCUT2D eigenvalue weighted by Gasteiger charge is 2.22. The van der Waals surface area contributed by atoms with E-state index in [0.717, 1.165) is 0 Å². The van der Waals surface area contributed by atoms with Gasteiger partial charge in [0.1, 0.15) is 6.10 Å². The van der Waals surface area contributed by atoms with Crippen molar-refractivity contribution in [2.45, 2.75) is 12.6 Å². The first-order valence-corrected chi connectivity index (χ1v) is 4.02. The van der Waals surface area contributed by atoms with E-state index >= 15 is 0 Å². The number of methoxy groups -OCH3 is 1. The lowest BCUT2D eigenvalue weighted by Gasteiger charge is -2.05. The summed E-state index contributed by atoms with van der Waals surface area (Å²) in [6.45, 7) is 1.20. The summed E-state index contributed by atoms with van der Waals surface area (Å²) >= 11 is 0. The van der Waals surface area contributed by atoms with Crippen LogP contribution < -0.4 is 10.3 Å². The molecule has 1 atom stereocenters. The summed E-state index contributed by atoms with van der Waals surface area (Å²) in [5.74, 6) is 0. The van der Waals surface area contributed by atoms with Gasteiger partial charge in [-0.15, -0.1) is 0 Å². The van der Waals surface area contributed by atoms with Crippen LogP contribution in [0.2, 0.25) is 0 Å². The van der Waals surface area contributed by atoms with Crippen molar-refractivity contribution in [3.05, 3.63) is 22.6 Å². The Morgan fingerprint density at radius 3 is 3.46 bits per heavy atom. The van der Waals surface area contributed by atoms with Gasteiger partial charge in [-0.3, -0.25) is 9.36 Å². The maximum atomic E-state index is 10.9. The van der Waals surface area contributed by atoms with Gasteiger partial charge in [0.15, 0.2) is 0 Å². The van der Waals surface area contributed by atoms with Gasteiger partial charge >= 0.3 is 0 Å². The number of ether oxygens (including phenoxy) is 2. The minimum absolute atomic E-state index is 0.0284. The van der Waals surface area contributed by atoms with Crippen molar-refractivity contribution in [2.75, 3.05) is 13.7 Å². The summed E-state index contributed by atoms with van der Waals surface area (Å²) in [4.78, 5) is 14.6. The number of hydrogen-bond acceptors (Lipinski definition) is 4. The maximum absolute atomic E-state index is 10.9. The normalized spacial score (nSPS) is 19.6. The van der Waals surface area contributed by atoms with Gasteiger partial charge in [-0.1, -0.05) is 0 Å². The van der Waals surface area contributed by atoms with Crippen LogP contribution >= 0.6 is 0 Å². The van der Waals surface area contributed by atoms with E-state index in [-0.39, 0.29) is 11.7 Å². The minimum atomic E-state index is -0.274. The number of rotatable bonds is 2. The van der Waals surface area contributed by atoms with Crippen LogP contribution in [-0.2, 0) is 11.3 Å². The molecular formula is C8H10N2O3. The standard InChI is InChI=1S/C8H10N2O3/c1-12-5-6-4-10-3-2-7(11)9-8(10)13-6/h2-3,6H,4-5H2,1H3. The smallest absolute Gasteiger partial charge is 0.300 e. The number of fused-ring (bicyclic) bond motifs is 1. The summed E-state index contributed by atoms with van der Waals surface area (Å²) < 4.78 is 12.1. The molecule has 1 unspecified atom stereocenters. The molecule has 2 rings (SSSR count). The Labute approximate surface area is 74.9 Å². The average Bonchev–Trinajstić information content (AvgIpc) is 2.46. The van der Waals surface area contributed by atoms with Gasteiger partial charge in [-0.25, -0.2) is 0 Å². The SMILES string of the molecule is COCC1Cn2ccc(=O)nc2O1. The van der Waals surface area contributed by atoms with Crippen molar-refractivity contribution in [2.24, 2.45) is 0 Å². The molecule has 0 saturated heterocycles. The molecule has 13 heavy (non-hydrogen) atoms. The molecule has 0 bridgehead atoms. The predicted octanol–water partition coefficient (Wildman–Crippen LogP) is -0.349. The van der Waals surface area contributed by atoms with Crippen LogP contribution in [0.5, 0.6) is 6.01 Å². The second-order valence-electron chi connectivity index (χ2n) is 2.90. The molecule has 5 heteroatoms. The molecule has 0 amide bonds. The van der Waals surface area contributed by atoms with Gasteiger partial charge in [0.05, 0.1) is 13.2 Å². The lowest BCUT2D eigenvalue weighted by Crippen LogP contribution is -2.20. The van der Waals surface area contributed by atoms with Crippen molar-refractivity contribution in [1.82, 2.24) is 9.55 Å². The molecule has 1 aromatic rings. The van der Waals surface area contributed by atoms with Crippen molar-refractivity contribution in [1.29, 1.82) is 0 Å². The highest BCUT2D eigenvalue weighted by molar-refractivity contribution is 5.03. The average molecular weight is 182 g/mol. The van der Waals surface area contributed by atoms with Crippen molar-refractivity contribution < 1.29 is 9.47 Å². The largest absolute Gasteiger partial charge is 0.457 e. The molecule has 0 fully saturated rings. The Balaban J connectivity index is 2.20. The number of nitrogens with zero attached hydrogens (tertiary/aromatic N) is 2. The fourth-order valence-corrected chi connectivity index (χ4v) is 1.32. The third-order valence-electron chi connectivity index (χ3n) is 1.87. The first kappa shape index (κ1) is 8.25. The third kappa shape index (κ3) is 1.55. The first-order chi connectivity index (χ1) is 6.29. The lowest BCUT2D eigenvalue weighted by molar-refractivity contribution is 0.0918. The van der Waals surface area contributed by atoms with E-state index in [2.05, 4.69) is 4.98 Å². The minimum Gasteiger partial charge on any atom is -0.457 e. The number of hydrogen-bond donors (Lipinski definition) is 0. The van der Waals surface area contributed by atoms with E-state index in [4.69, 9.17) is 9.47 Å². The molecule has 70 valence electrons. The van der Waals surface area contributed by atoms with Crippen LogP contribution in [0, 0.1) is 0 Å². The zero-order valence-corrected chi connectivity index (χ0v) is 7.27. The molecule has 0 radical (unpaired) electrons. The Morgan fingerprint density at radius 1 is 1.85 bits per heavy atom. The first-order valence-electron chi connectivity index (χ1n) is 4.02. The van der Waals surface area contributed by atoms with Gasteiger partial charge in [-0.2, -0.15) is 4.98 Å². The van der Waals surface area contributed by atoms with Crippen LogP contribution in [0.4, 0.5) is 0 Å². The summed E-state index contributed by atoms with van der Waals surface area (Å²) in [5, 5.41) is 0. The van der Waals surface area contributed by atoms with E-state index in [1.165, 1.54) is 6.07 Å². The van der Waals surface area contributed by atoms with Crippen molar-refractivity contribution in [3.8, 4) is 6.01 Å². The van der Waals surface area contributed by atoms with Crippen LogP contribution in [0.1, 0.15) is 0 Å². The van der Waals surface area contributed by atoms with Crippen LogP contribution in [0.3, 0.4) is 0 Å². The fraction of sp³-hybridized carbons (Fsp3) is 0.500. The molecule has 0 aliphatic carbocycles. The summed E-state index contributed by atoms with van der Waals surface area (Å²) in [7, 11) is 1.61.